The Hall–Kier alpha value is -1.74. The molecule has 106 valence electrons. The van der Waals surface area contributed by atoms with Gasteiger partial charge in [-0.1, -0.05) is 38.1 Å². The molecule has 1 heterocycles. The molecule has 1 aromatic carbocycles. The fourth-order valence-electron chi connectivity index (χ4n) is 2.31. The predicted octanol–water partition coefficient (Wildman–Crippen LogP) is 3.68. The van der Waals surface area contributed by atoms with E-state index in [9.17, 15) is 4.39 Å². The van der Waals surface area contributed by atoms with Gasteiger partial charge < -0.3 is 5.32 Å². The molecule has 0 saturated carbocycles. The Kier molecular flexibility index (Phi) is 5.24. The Balaban J connectivity index is 2.18. The second-order valence-electron chi connectivity index (χ2n) is 4.85. The van der Waals surface area contributed by atoms with Gasteiger partial charge in [0.1, 0.15) is 5.82 Å². The number of pyridine rings is 1. The van der Waals surface area contributed by atoms with Crippen LogP contribution < -0.4 is 5.32 Å². The van der Waals surface area contributed by atoms with E-state index in [1.54, 1.807) is 12.3 Å². The largest absolute Gasteiger partial charge is 0.309 e. The Morgan fingerprint density at radius 2 is 1.80 bits per heavy atom. The molecule has 1 unspecified atom stereocenters. The Morgan fingerprint density at radius 1 is 1.10 bits per heavy atom. The lowest BCUT2D eigenvalue weighted by Gasteiger charge is -2.18. The quantitative estimate of drug-likeness (QED) is 0.867. The van der Waals surface area contributed by atoms with Gasteiger partial charge in [-0.3, -0.25) is 4.98 Å². The van der Waals surface area contributed by atoms with Gasteiger partial charge >= 0.3 is 0 Å². The number of hydrogen-bond donors (Lipinski definition) is 1. The molecule has 2 rings (SSSR count). The molecule has 0 spiro atoms. The lowest BCUT2D eigenvalue weighted by atomic mass is 10.0. The summed E-state index contributed by atoms with van der Waals surface area (Å²) in [5.41, 5.74) is 3.00. The predicted molar refractivity (Wildman–Crippen MR) is 80.1 cm³/mol. The van der Waals surface area contributed by atoms with Crippen LogP contribution in [0, 0.1) is 5.82 Å². The highest BCUT2D eigenvalue weighted by atomic mass is 19.1. The number of halogens is 1. The van der Waals surface area contributed by atoms with Gasteiger partial charge in [-0.05, 0) is 42.6 Å². The van der Waals surface area contributed by atoms with Crippen molar-refractivity contribution in [2.75, 3.05) is 6.54 Å². The minimum absolute atomic E-state index is 0.0892. The molecule has 0 aliphatic carbocycles. The van der Waals surface area contributed by atoms with Gasteiger partial charge in [0.2, 0.25) is 0 Å². The molecule has 0 saturated heterocycles. The fraction of sp³-hybridized carbons (Fsp3) is 0.353. The summed E-state index contributed by atoms with van der Waals surface area (Å²) in [5, 5.41) is 3.31. The molecule has 2 nitrogen and oxygen atoms in total. The van der Waals surface area contributed by atoms with Crippen molar-refractivity contribution in [1.29, 1.82) is 0 Å². The highest BCUT2D eigenvalue weighted by Crippen LogP contribution is 2.19. The third-order valence-electron chi connectivity index (χ3n) is 3.44. The first-order chi connectivity index (χ1) is 9.74. The zero-order chi connectivity index (χ0) is 14.4. The van der Waals surface area contributed by atoms with Gasteiger partial charge in [0.05, 0.1) is 11.7 Å². The van der Waals surface area contributed by atoms with E-state index in [0.29, 0.717) is 5.69 Å². The molecule has 0 amide bonds. The molecule has 20 heavy (non-hydrogen) atoms. The van der Waals surface area contributed by atoms with Crippen LogP contribution in [0.1, 0.15) is 36.7 Å². The van der Waals surface area contributed by atoms with Crippen molar-refractivity contribution in [3.63, 3.8) is 0 Å². The first-order valence-electron chi connectivity index (χ1n) is 7.16. The average Bonchev–Trinajstić information content (AvgIpc) is 2.48. The van der Waals surface area contributed by atoms with E-state index in [4.69, 9.17) is 0 Å². The maximum atomic E-state index is 13.9. The maximum Gasteiger partial charge on any atom is 0.146 e. The van der Waals surface area contributed by atoms with Crippen molar-refractivity contribution in [2.24, 2.45) is 0 Å². The number of likely N-dealkylation sites (N-methyl/N-ethyl adjacent to an activating group) is 1. The van der Waals surface area contributed by atoms with Gasteiger partial charge in [0, 0.05) is 6.20 Å². The number of aryl methyl sites for hydroxylation is 1. The van der Waals surface area contributed by atoms with Crippen LogP contribution >= 0.6 is 0 Å². The normalized spacial score (nSPS) is 12.3. The molecule has 2 aromatic rings. The van der Waals surface area contributed by atoms with Crippen molar-refractivity contribution in [2.45, 2.75) is 32.7 Å². The molecule has 0 aliphatic rings. The van der Waals surface area contributed by atoms with Gasteiger partial charge in [0.15, 0.2) is 0 Å². The van der Waals surface area contributed by atoms with Gasteiger partial charge in [-0.15, -0.1) is 0 Å². The van der Waals surface area contributed by atoms with E-state index in [1.165, 1.54) is 17.2 Å². The molecule has 0 bridgehead atoms. The molecule has 0 radical (unpaired) electrons. The number of aromatic nitrogens is 1. The summed E-state index contributed by atoms with van der Waals surface area (Å²) in [5.74, 6) is -0.247. The van der Waals surface area contributed by atoms with Crippen LogP contribution in [0.15, 0.2) is 42.6 Å². The average molecular weight is 272 g/mol. The van der Waals surface area contributed by atoms with Crippen molar-refractivity contribution in [3.05, 3.63) is 65.2 Å². The Labute approximate surface area is 120 Å². The van der Waals surface area contributed by atoms with Crippen molar-refractivity contribution in [3.8, 4) is 0 Å². The van der Waals surface area contributed by atoms with E-state index in [2.05, 4.69) is 41.5 Å². The molecule has 1 N–H and O–H groups in total. The van der Waals surface area contributed by atoms with Crippen LogP contribution in [0.2, 0.25) is 0 Å². The molecular weight excluding hydrogens is 251 g/mol. The number of nitrogens with one attached hydrogen (secondary N) is 1. The highest BCUT2D eigenvalue weighted by molar-refractivity contribution is 5.25. The number of nitrogens with zero attached hydrogens (tertiary/aromatic N) is 1. The summed E-state index contributed by atoms with van der Waals surface area (Å²) in [6, 6.07) is 11.5. The number of rotatable bonds is 6. The summed E-state index contributed by atoms with van der Waals surface area (Å²) in [6.45, 7) is 4.95. The molecule has 1 atom stereocenters. The lowest BCUT2D eigenvalue weighted by Crippen LogP contribution is -2.25. The van der Waals surface area contributed by atoms with E-state index < -0.39 is 0 Å². The van der Waals surface area contributed by atoms with Crippen LogP contribution in [0.25, 0.3) is 0 Å². The van der Waals surface area contributed by atoms with Crippen LogP contribution in [-0.2, 0) is 12.8 Å². The van der Waals surface area contributed by atoms with E-state index in [1.807, 2.05) is 6.92 Å². The van der Waals surface area contributed by atoms with Crippen LogP contribution in [0.3, 0.4) is 0 Å². The van der Waals surface area contributed by atoms with E-state index in [0.717, 1.165) is 19.4 Å². The van der Waals surface area contributed by atoms with Gasteiger partial charge in [0.25, 0.3) is 0 Å². The van der Waals surface area contributed by atoms with Gasteiger partial charge in [-0.2, -0.15) is 0 Å². The Morgan fingerprint density at radius 3 is 2.40 bits per heavy atom. The topological polar surface area (TPSA) is 24.9 Å². The maximum absolute atomic E-state index is 13.9. The smallest absolute Gasteiger partial charge is 0.146 e. The fourth-order valence-corrected chi connectivity index (χ4v) is 2.31. The summed E-state index contributed by atoms with van der Waals surface area (Å²) < 4.78 is 13.9. The minimum Gasteiger partial charge on any atom is -0.309 e. The zero-order valence-corrected chi connectivity index (χ0v) is 12.1. The number of benzene rings is 1. The number of hydrogen-bond acceptors (Lipinski definition) is 2. The highest BCUT2D eigenvalue weighted by Gasteiger charge is 2.16. The van der Waals surface area contributed by atoms with Crippen molar-refractivity contribution in [1.82, 2.24) is 10.3 Å². The van der Waals surface area contributed by atoms with Crippen molar-refractivity contribution >= 4 is 0 Å². The summed E-state index contributed by atoms with van der Waals surface area (Å²) in [4.78, 5) is 4.19. The standard InChI is InChI=1S/C17H21FN2/c1-3-13-7-9-14(10-8-13)12-16(19-4-2)17-15(18)6-5-11-20-17/h5-11,16,19H,3-4,12H2,1-2H3. The molecule has 1 aromatic heterocycles. The first kappa shape index (κ1) is 14.7. The Bertz CT molecular complexity index is 537. The monoisotopic (exact) mass is 272 g/mol. The first-order valence-corrected chi connectivity index (χ1v) is 7.16. The molecular formula is C17H21FN2. The third-order valence-corrected chi connectivity index (χ3v) is 3.44. The van der Waals surface area contributed by atoms with E-state index in [-0.39, 0.29) is 11.9 Å². The van der Waals surface area contributed by atoms with Gasteiger partial charge in [-0.25, -0.2) is 4.39 Å². The second-order valence-corrected chi connectivity index (χ2v) is 4.85. The summed E-state index contributed by atoms with van der Waals surface area (Å²) in [6.07, 6.45) is 3.42. The molecule has 0 fully saturated rings. The summed E-state index contributed by atoms with van der Waals surface area (Å²) >= 11 is 0. The molecule has 3 heteroatoms. The molecule has 0 aliphatic heterocycles. The third kappa shape index (κ3) is 3.64. The SMILES string of the molecule is CCNC(Cc1ccc(CC)cc1)c1ncccc1F. The summed E-state index contributed by atoms with van der Waals surface area (Å²) in [7, 11) is 0. The second kappa shape index (κ2) is 7.15. The zero-order valence-electron chi connectivity index (χ0n) is 12.1. The minimum atomic E-state index is -0.247. The van der Waals surface area contributed by atoms with E-state index >= 15 is 0 Å². The van der Waals surface area contributed by atoms with Crippen molar-refractivity contribution < 1.29 is 4.39 Å². The lowest BCUT2D eigenvalue weighted by molar-refractivity contribution is 0.494. The van der Waals surface area contributed by atoms with Crippen LogP contribution in [0.4, 0.5) is 4.39 Å². The van der Waals surface area contributed by atoms with Crippen LogP contribution in [0.5, 0.6) is 0 Å². The van der Waals surface area contributed by atoms with Crippen LogP contribution in [-0.4, -0.2) is 11.5 Å².